The third kappa shape index (κ3) is 2.38. The molecule has 8 nitrogen and oxygen atoms in total. The lowest BCUT2D eigenvalue weighted by Gasteiger charge is -2.22. The molecule has 0 unspecified atom stereocenters. The Bertz CT molecular complexity index is 885. The normalized spacial score (nSPS) is 15.5. The van der Waals surface area contributed by atoms with E-state index in [1.807, 2.05) is 21.6 Å². The van der Waals surface area contributed by atoms with E-state index in [0.717, 1.165) is 48.6 Å². The molecule has 4 heterocycles. The standard InChI is InChI=1S/C16H22N8/c1-16(2,3)24-15-12(8-20-24)14(18-10-19-15)22-5-4-6-23-11(9-22)7-13(17)21-23/h7-8,10H,4-6,9H2,1-3H3,(H2,17,21). The first-order valence-electron chi connectivity index (χ1n) is 8.20. The summed E-state index contributed by atoms with van der Waals surface area (Å²) in [6.45, 7) is 8.88. The Balaban J connectivity index is 1.78. The molecule has 0 aromatic carbocycles. The van der Waals surface area contributed by atoms with E-state index in [0.29, 0.717) is 5.82 Å². The zero-order valence-corrected chi connectivity index (χ0v) is 14.3. The zero-order valence-electron chi connectivity index (χ0n) is 14.3. The van der Waals surface area contributed by atoms with Crippen molar-refractivity contribution in [2.45, 2.75) is 45.8 Å². The minimum atomic E-state index is -0.126. The van der Waals surface area contributed by atoms with Gasteiger partial charge in [0.2, 0.25) is 0 Å². The van der Waals surface area contributed by atoms with E-state index in [4.69, 9.17) is 5.73 Å². The number of nitrogens with zero attached hydrogens (tertiary/aromatic N) is 7. The Hall–Kier alpha value is -2.64. The first-order valence-corrected chi connectivity index (χ1v) is 8.20. The van der Waals surface area contributed by atoms with Gasteiger partial charge in [0.05, 0.1) is 29.4 Å². The van der Waals surface area contributed by atoms with Gasteiger partial charge in [0.25, 0.3) is 0 Å². The minimum Gasteiger partial charge on any atom is -0.382 e. The second-order valence-electron chi connectivity index (χ2n) is 7.22. The van der Waals surface area contributed by atoms with Crippen molar-refractivity contribution < 1.29 is 0 Å². The van der Waals surface area contributed by atoms with Crippen LogP contribution in [0.1, 0.15) is 32.9 Å². The summed E-state index contributed by atoms with van der Waals surface area (Å²) >= 11 is 0. The van der Waals surface area contributed by atoms with Crippen LogP contribution in [-0.4, -0.2) is 36.1 Å². The van der Waals surface area contributed by atoms with Crippen molar-refractivity contribution in [2.75, 3.05) is 17.2 Å². The molecule has 1 aliphatic rings. The molecule has 1 aliphatic heterocycles. The van der Waals surface area contributed by atoms with Crippen molar-refractivity contribution >= 4 is 22.7 Å². The zero-order chi connectivity index (χ0) is 16.9. The minimum absolute atomic E-state index is 0.126. The lowest BCUT2D eigenvalue weighted by atomic mass is 10.1. The molecule has 2 N–H and O–H groups in total. The van der Waals surface area contributed by atoms with Gasteiger partial charge in [-0.05, 0) is 27.2 Å². The van der Waals surface area contributed by atoms with Gasteiger partial charge in [-0.1, -0.05) is 0 Å². The van der Waals surface area contributed by atoms with E-state index in [2.05, 4.69) is 45.8 Å². The third-order valence-corrected chi connectivity index (χ3v) is 4.31. The Kier molecular flexibility index (Phi) is 3.22. The Morgan fingerprint density at radius 3 is 2.79 bits per heavy atom. The van der Waals surface area contributed by atoms with E-state index >= 15 is 0 Å². The fraction of sp³-hybridized carbons (Fsp3) is 0.500. The molecule has 24 heavy (non-hydrogen) atoms. The molecule has 0 bridgehead atoms. The average molecular weight is 326 g/mol. The SMILES string of the molecule is CC(C)(C)n1ncc2c(N3CCCn4nc(N)cc4C3)ncnc21. The number of hydrogen-bond acceptors (Lipinski definition) is 6. The molecular weight excluding hydrogens is 304 g/mol. The Morgan fingerprint density at radius 2 is 2.00 bits per heavy atom. The van der Waals surface area contributed by atoms with Crippen molar-refractivity contribution in [1.82, 2.24) is 29.5 Å². The van der Waals surface area contributed by atoms with Gasteiger partial charge in [-0.3, -0.25) is 4.68 Å². The third-order valence-electron chi connectivity index (χ3n) is 4.31. The van der Waals surface area contributed by atoms with Gasteiger partial charge in [-0.15, -0.1) is 0 Å². The van der Waals surface area contributed by atoms with Crippen LogP contribution in [0.5, 0.6) is 0 Å². The van der Waals surface area contributed by atoms with Crippen molar-refractivity contribution in [3.63, 3.8) is 0 Å². The van der Waals surface area contributed by atoms with E-state index in [1.54, 1.807) is 6.33 Å². The van der Waals surface area contributed by atoms with Crippen molar-refractivity contribution in [2.24, 2.45) is 0 Å². The van der Waals surface area contributed by atoms with Gasteiger partial charge in [0, 0.05) is 19.2 Å². The molecule has 4 rings (SSSR count). The molecule has 126 valence electrons. The second-order valence-corrected chi connectivity index (χ2v) is 7.22. The predicted octanol–water partition coefficient (Wildman–Crippen LogP) is 1.77. The first-order chi connectivity index (χ1) is 11.4. The second kappa shape index (κ2) is 5.19. The molecule has 3 aromatic rings. The largest absolute Gasteiger partial charge is 0.382 e. The van der Waals surface area contributed by atoms with Gasteiger partial charge >= 0.3 is 0 Å². The van der Waals surface area contributed by atoms with Gasteiger partial charge in [-0.2, -0.15) is 10.2 Å². The van der Waals surface area contributed by atoms with Crippen LogP contribution in [0.25, 0.3) is 11.0 Å². The molecule has 8 heteroatoms. The molecule has 0 saturated carbocycles. The molecule has 0 aliphatic carbocycles. The van der Waals surface area contributed by atoms with E-state index in [1.165, 1.54) is 0 Å². The predicted molar refractivity (Wildman–Crippen MR) is 92.6 cm³/mol. The monoisotopic (exact) mass is 326 g/mol. The lowest BCUT2D eigenvalue weighted by molar-refractivity contribution is 0.366. The number of rotatable bonds is 1. The maximum absolute atomic E-state index is 5.85. The highest BCUT2D eigenvalue weighted by molar-refractivity contribution is 5.86. The van der Waals surface area contributed by atoms with Crippen LogP contribution in [0.4, 0.5) is 11.6 Å². The van der Waals surface area contributed by atoms with Crippen LogP contribution >= 0.6 is 0 Å². The number of nitrogen functional groups attached to an aromatic ring is 1. The summed E-state index contributed by atoms with van der Waals surface area (Å²) in [6.07, 6.45) is 4.48. The summed E-state index contributed by atoms with van der Waals surface area (Å²) in [5.74, 6) is 1.49. The van der Waals surface area contributed by atoms with E-state index in [9.17, 15) is 0 Å². The summed E-state index contributed by atoms with van der Waals surface area (Å²) in [4.78, 5) is 11.3. The van der Waals surface area contributed by atoms with Gasteiger partial charge in [-0.25, -0.2) is 14.6 Å². The highest BCUT2D eigenvalue weighted by atomic mass is 15.4. The fourth-order valence-electron chi connectivity index (χ4n) is 3.24. The number of aryl methyl sites for hydroxylation is 1. The summed E-state index contributed by atoms with van der Waals surface area (Å²) in [7, 11) is 0. The number of anilines is 2. The molecule has 0 radical (unpaired) electrons. The number of nitrogens with two attached hydrogens (primary N) is 1. The van der Waals surface area contributed by atoms with Crippen LogP contribution in [-0.2, 0) is 18.6 Å². The molecule has 3 aromatic heterocycles. The first kappa shape index (κ1) is 14.9. The van der Waals surface area contributed by atoms with Crippen LogP contribution in [0.2, 0.25) is 0 Å². The van der Waals surface area contributed by atoms with Crippen LogP contribution in [0, 0.1) is 0 Å². The Morgan fingerprint density at radius 1 is 1.17 bits per heavy atom. The molecule has 0 spiro atoms. The quantitative estimate of drug-likeness (QED) is 0.733. The molecule has 0 atom stereocenters. The van der Waals surface area contributed by atoms with Crippen molar-refractivity contribution in [3.8, 4) is 0 Å². The summed E-state index contributed by atoms with van der Waals surface area (Å²) in [5, 5.41) is 9.88. The number of hydrogen-bond donors (Lipinski definition) is 1. The molecule has 0 saturated heterocycles. The fourth-order valence-corrected chi connectivity index (χ4v) is 3.24. The number of aromatic nitrogens is 6. The summed E-state index contributed by atoms with van der Waals surface area (Å²) in [6, 6.07) is 1.94. The van der Waals surface area contributed by atoms with Gasteiger partial charge < -0.3 is 10.6 Å². The van der Waals surface area contributed by atoms with Crippen LogP contribution in [0.3, 0.4) is 0 Å². The Labute approximate surface area is 140 Å². The average Bonchev–Trinajstić information content (AvgIpc) is 3.04. The van der Waals surface area contributed by atoms with Gasteiger partial charge in [0.1, 0.15) is 18.0 Å². The summed E-state index contributed by atoms with van der Waals surface area (Å²) in [5.41, 5.74) is 7.70. The maximum atomic E-state index is 5.85. The van der Waals surface area contributed by atoms with Crippen LogP contribution < -0.4 is 10.6 Å². The smallest absolute Gasteiger partial charge is 0.163 e. The molecular formula is C16H22N8. The highest BCUT2D eigenvalue weighted by Crippen LogP contribution is 2.28. The highest BCUT2D eigenvalue weighted by Gasteiger charge is 2.23. The van der Waals surface area contributed by atoms with Crippen molar-refractivity contribution in [1.29, 1.82) is 0 Å². The number of fused-ring (bicyclic) bond motifs is 2. The molecule has 0 amide bonds. The maximum Gasteiger partial charge on any atom is 0.163 e. The topological polar surface area (TPSA) is 90.7 Å². The summed E-state index contributed by atoms with van der Waals surface area (Å²) < 4.78 is 3.94. The van der Waals surface area contributed by atoms with Gasteiger partial charge in [0.15, 0.2) is 5.65 Å². The van der Waals surface area contributed by atoms with E-state index < -0.39 is 0 Å². The van der Waals surface area contributed by atoms with Crippen LogP contribution in [0.15, 0.2) is 18.6 Å². The molecule has 0 fully saturated rings. The van der Waals surface area contributed by atoms with Crippen molar-refractivity contribution in [3.05, 3.63) is 24.3 Å². The van der Waals surface area contributed by atoms with E-state index in [-0.39, 0.29) is 5.54 Å². The lowest BCUT2D eigenvalue weighted by Crippen LogP contribution is -2.25.